The lowest BCUT2D eigenvalue weighted by atomic mass is 10.2. The molecule has 0 unspecified atom stereocenters. The average Bonchev–Trinajstić information content (AvgIpc) is 3.01. The van der Waals surface area contributed by atoms with Crippen LogP contribution in [-0.2, 0) is 20.1 Å². The number of furan rings is 1. The molecule has 0 saturated carbocycles. The minimum absolute atomic E-state index is 0.673. The molecular weight excluding hydrogens is 266 g/mol. The Morgan fingerprint density at radius 2 is 2.19 bits per heavy atom. The quantitative estimate of drug-likeness (QED) is 0.783. The van der Waals surface area contributed by atoms with Gasteiger partial charge in [-0.2, -0.15) is 5.10 Å². The lowest BCUT2D eigenvalue weighted by Crippen LogP contribution is -2.12. The Kier molecular flexibility index (Phi) is 3.66. The number of nitrogens with one attached hydrogen (secondary N) is 1. The molecule has 5 heteroatoms. The van der Waals surface area contributed by atoms with E-state index in [2.05, 4.69) is 10.4 Å². The molecule has 3 rings (SSSR count). The number of hydrogen-bond acceptors (Lipinski definition) is 4. The van der Waals surface area contributed by atoms with E-state index in [9.17, 15) is 0 Å². The summed E-state index contributed by atoms with van der Waals surface area (Å²) in [5.41, 5.74) is 3.05. The van der Waals surface area contributed by atoms with E-state index < -0.39 is 0 Å². The van der Waals surface area contributed by atoms with Crippen LogP contribution in [0, 0.1) is 6.92 Å². The summed E-state index contributed by atoms with van der Waals surface area (Å²) in [7, 11) is 3.59. The molecule has 0 amide bonds. The van der Waals surface area contributed by atoms with E-state index in [4.69, 9.17) is 9.15 Å². The van der Waals surface area contributed by atoms with E-state index in [-0.39, 0.29) is 0 Å². The van der Waals surface area contributed by atoms with E-state index in [1.807, 2.05) is 49.1 Å². The number of hydrogen-bond donors (Lipinski definition) is 1. The molecule has 0 aliphatic heterocycles. The maximum atomic E-state index is 5.86. The number of ether oxygens (including phenoxy) is 1. The van der Waals surface area contributed by atoms with Crippen molar-refractivity contribution < 1.29 is 9.15 Å². The van der Waals surface area contributed by atoms with Gasteiger partial charge in [0.05, 0.1) is 19.3 Å². The first-order chi connectivity index (χ1) is 10.2. The molecule has 0 aliphatic carbocycles. The summed E-state index contributed by atoms with van der Waals surface area (Å²) >= 11 is 0. The minimum Gasteiger partial charge on any atom is -0.493 e. The van der Waals surface area contributed by atoms with Gasteiger partial charge in [-0.05, 0) is 19.1 Å². The molecule has 5 nitrogen and oxygen atoms in total. The van der Waals surface area contributed by atoms with Crippen molar-refractivity contribution in [2.24, 2.45) is 7.05 Å². The van der Waals surface area contributed by atoms with Crippen LogP contribution in [0.1, 0.15) is 17.0 Å². The Morgan fingerprint density at radius 3 is 2.90 bits per heavy atom. The van der Waals surface area contributed by atoms with Crippen molar-refractivity contribution in [3.05, 3.63) is 47.5 Å². The predicted molar refractivity (Wildman–Crippen MR) is 81.3 cm³/mol. The SMILES string of the molecule is COc1cccc2cc(CNCc3cn(C)nc3C)oc12. The fourth-order valence-corrected chi connectivity index (χ4v) is 2.48. The van der Waals surface area contributed by atoms with Crippen LogP contribution >= 0.6 is 0 Å². The van der Waals surface area contributed by atoms with Crippen LogP contribution in [0.2, 0.25) is 0 Å². The first-order valence-corrected chi connectivity index (χ1v) is 6.92. The molecule has 21 heavy (non-hydrogen) atoms. The smallest absolute Gasteiger partial charge is 0.176 e. The Morgan fingerprint density at radius 1 is 1.33 bits per heavy atom. The van der Waals surface area contributed by atoms with Crippen LogP contribution in [0.25, 0.3) is 11.0 Å². The summed E-state index contributed by atoms with van der Waals surface area (Å²) in [6, 6.07) is 7.94. The molecule has 0 fully saturated rings. The van der Waals surface area contributed by atoms with Gasteiger partial charge in [0.1, 0.15) is 5.76 Å². The van der Waals surface area contributed by atoms with Crippen molar-refractivity contribution in [2.45, 2.75) is 20.0 Å². The second-order valence-corrected chi connectivity index (χ2v) is 5.11. The summed E-state index contributed by atoms with van der Waals surface area (Å²) in [4.78, 5) is 0. The molecule has 2 aromatic heterocycles. The summed E-state index contributed by atoms with van der Waals surface area (Å²) in [5.74, 6) is 1.66. The highest BCUT2D eigenvalue weighted by Gasteiger charge is 2.09. The van der Waals surface area contributed by atoms with Gasteiger partial charge in [0.2, 0.25) is 0 Å². The molecule has 0 aliphatic rings. The molecule has 1 aromatic carbocycles. The third-order valence-electron chi connectivity index (χ3n) is 3.51. The zero-order valence-corrected chi connectivity index (χ0v) is 12.5. The number of aryl methyl sites for hydroxylation is 2. The molecular formula is C16H19N3O2. The largest absolute Gasteiger partial charge is 0.493 e. The number of para-hydroxylation sites is 1. The first kappa shape index (κ1) is 13.7. The van der Waals surface area contributed by atoms with Crippen molar-refractivity contribution in [3.63, 3.8) is 0 Å². The number of methoxy groups -OCH3 is 1. The molecule has 2 heterocycles. The number of benzene rings is 1. The van der Waals surface area contributed by atoms with Gasteiger partial charge in [-0.1, -0.05) is 12.1 Å². The number of rotatable bonds is 5. The van der Waals surface area contributed by atoms with Gasteiger partial charge in [-0.25, -0.2) is 0 Å². The highest BCUT2D eigenvalue weighted by atomic mass is 16.5. The van der Waals surface area contributed by atoms with Crippen LogP contribution in [0.5, 0.6) is 5.75 Å². The van der Waals surface area contributed by atoms with Crippen molar-refractivity contribution >= 4 is 11.0 Å². The van der Waals surface area contributed by atoms with E-state index in [0.717, 1.165) is 34.7 Å². The van der Waals surface area contributed by atoms with E-state index in [0.29, 0.717) is 6.54 Å². The molecule has 0 radical (unpaired) electrons. The summed E-state index contributed by atoms with van der Waals surface area (Å²) in [6.07, 6.45) is 2.03. The number of aromatic nitrogens is 2. The summed E-state index contributed by atoms with van der Waals surface area (Å²) in [5, 5.41) is 8.77. The van der Waals surface area contributed by atoms with Gasteiger partial charge in [-0.15, -0.1) is 0 Å². The zero-order chi connectivity index (χ0) is 14.8. The first-order valence-electron chi connectivity index (χ1n) is 6.92. The van der Waals surface area contributed by atoms with Crippen molar-refractivity contribution in [3.8, 4) is 5.75 Å². The lowest BCUT2D eigenvalue weighted by Gasteiger charge is -2.01. The normalized spacial score (nSPS) is 11.2. The Balaban J connectivity index is 1.69. The van der Waals surface area contributed by atoms with Gasteiger partial charge in [0.15, 0.2) is 11.3 Å². The van der Waals surface area contributed by atoms with E-state index >= 15 is 0 Å². The van der Waals surface area contributed by atoms with Gasteiger partial charge in [-0.3, -0.25) is 4.68 Å². The maximum absolute atomic E-state index is 5.86. The standard InChI is InChI=1S/C16H19N3O2/c1-11-13(10-19(2)18-11)8-17-9-14-7-12-5-4-6-15(20-3)16(12)21-14/h4-7,10,17H,8-9H2,1-3H3. The van der Waals surface area contributed by atoms with Gasteiger partial charge in [0, 0.05) is 30.7 Å². The van der Waals surface area contributed by atoms with Crippen LogP contribution in [0.4, 0.5) is 0 Å². The Labute approximate surface area is 123 Å². The number of nitrogens with zero attached hydrogens (tertiary/aromatic N) is 2. The van der Waals surface area contributed by atoms with Crippen LogP contribution in [0.3, 0.4) is 0 Å². The fraction of sp³-hybridized carbons (Fsp3) is 0.312. The van der Waals surface area contributed by atoms with Crippen LogP contribution in [-0.4, -0.2) is 16.9 Å². The number of fused-ring (bicyclic) bond motifs is 1. The summed E-state index contributed by atoms with van der Waals surface area (Å²) in [6.45, 7) is 3.46. The van der Waals surface area contributed by atoms with Gasteiger partial charge in [0.25, 0.3) is 0 Å². The average molecular weight is 285 g/mol. The van der Waals surface area contributed by atoms with E-state index in [1.165, 1.54) is 5.56 Å². The monoisotopic (exact) mass is 285 g/mol. The molecule has 0 atom stereocenters. The second-order valence-electron chi connectivity index (χ2n) is 5.11. The van der Waals surface area contributed by atoms with Crippen molar-refractivity contribution in [1.82, 2.24) is 15.1 Å². The molecule has 110 valence electrons. The van der Waals surface area contributed by atoms with Crippen LogP contribution in [0.15, 0.2) is 34.9 Å². The highest BCUT2D eigenvalue weighted by molar-refractivity contribution is 5.83. The zero-order valence-electron chi connectivity index (χ0n) is 12.5. The second kappa shape index (κ2) is 5.61. The molecule has 3 aromatic rings. The fourth-order valence-electron chi connectivity index (χ4n) is 2.48. The Hall–Kier alpha value is -2.27. The molecule has 1 N–H and O–H groups in total. The predicted octanol–water partition coefficient (Wildman–Crippen LogP) is 2.77. The third kappa shape index (κ3) is 2.78. The lowest BCUT2D eigenvalue weighted by molar-refractivity contribution is 0.406. The van der Waals surface area contributed by atoms with Gasteiger partial charge >= 0.3 is 0 Å². The van der Waals surface area contributed by atoms with Gasteiger partial charge < -0.3 is 14.5 Å². The topological polar surface area (TPSA) is 52.2 Å². The molecule has 0 bridgehead atoms. The van der Waals surface area contributed by atoms with Crippen molar-refractivity contribution in [1.29, 1.82) is 0 Å². The van der Waals surface area contributed by atoms with Crippen LogP contribution < -0.4 is 10.1 Å². The highest BCUT2D eigenvalue weighted by Crippen LogP contribution is 2.28. The molecule has 0 saturated heterocycles. The third-order valence-corrected chi connectivity index (χ3v) is 3.51. The Bertz CT molecular complexity index is 758. The molecule has 0 spiro atoms. The van der Waals surface area contributed by atoms with E-state index in [1.54, 1.807) is 7.11 Å². The summed E-state index contributed by atoms with van der Waals surface area (Å²) < 4.78 is 13.0. The van der Waals surface area contributed by atoms with Crippen molar-refractivity contribution in [2.75, 3.05) is 7.11 Å². The minimum atomic E-state index is 0.673. The maximum Gasteiger partial charge on any atom is 0.176 e.